The topological polar surface area (TPSA) is 54.3 Å². The summed E-state index contributed by atoms with van der Waals surface area (Å²) in [7, 11) is -3.53. The van der Waals surface area contributed by atoms with Gasteiger partial charge in [0.2, 0.25) is 10.0 Å². The molecule has 1 saturated heterocycles. The number of piperazine rings is 1. The molecule has 5 nitrogen and oxygen atoms in total. The Morgan fingerprint density at radius 1 is 1.00 bits per heavy atom. The Labute approximate surface area is 154 Å². The number of nitrogens with zero attached hydrogens (tertiary/aromatic N) is 2. The second kappa shape index (κ2) is 6.78. The molecule has 0 atom stereocenters. The summed E-state index contributed by atoms with van der Waals surface area (Å²) in [6.07, 6.45) is 0. The lowest BCUT2D eigenvalue weighted by atomic mass is 10.2. The lowest BCUT2D eigenvalue weighted by Crippen LogP contribution is -2.44. The molecule has 26 heavy (non-hydrogen) atoms. The SMILES string of the molecule is Cc1ccc(CS(=O)(=O)n2c(N3CCNCC3)cc3ccccc32)cc1. The average Bonchev–Trinajstić information content (AvgIpc) is 3.05. The van der Waals surface area contributed by atoms with Gasteiger partial charge in [-0.25, -0.2) is 12.4 Å². The fraction of sp³-hybridized carbons (Fsp3) is 0.300. The molecule has 0 saturated carbocycles. The van der Waals surface area contributed by atoms with Gasteiger partial charge in [-0.05, 0) is 24.6 Å². The third kappa shape index (κ3) is 3.22. The second-order valence-electron chi connectivity index (χ2n) is 6.80. The highest BCUT2D eigenvalue weighted by atomic mass is 32.2. The van der Waals surface area contributed by atoms with Crippen molar-refractivity contribution in [2.75, 3.05) is 31.1 Å². The van der Waals surface area contributed by atoms with Gasteiger partial charge >= 0.3 is 0 Å². The molecule has 0 bridgehead atoms. The number of hydrogen-bond donors (Lipinski definition) is 1. The van der Waals surface area contributed by atoms with Crippen molar-refractivity contribution in [3.05, 3.63) is 65.7 Å². The number of nitrogens with one attached hydrogen (secondary N) is 1. The molecule has 0 unspecified atom stereocenters. The molecule has 2 heterocycles. The standard InChI is InChI=1S/C20H23N3O2S/c1-16-6-8-17(9-7-16)15-26(24,25)23-19-5-3-2-4-18(19)14-20(23)22-12-10-21-11-13-22/h2-9,14,21H,10-13,15H2,1H3. The zero-order valence-electron chi connectivity index (χ0n) is 14.9. The van der Waals surface area contributed by atoms with Crippen LogP contribution in [0.1, 0.15) is 11.1 Å². The van der Waals surface area contributed by atoms with Gasteiger partial charge in [0, 0.05) is 31.6 Å². The third-order valence-corrected chi connectivity index (χ3v) is 6.48. The van der Waals surface area contributed by atoms with Gasteiger partial charge in [-0.2, -0.15) is 0 Å². The van der Waals surface area contributed by atoms with E-state index in [-0.39, 0.29) is 5.75 Å². The first-order valence-corrected chi connectivity index (χ1v) is 10.5. The summed E-state index contributed by atoms with van der Waals surface area (Å²) in [4.78, 5) is 2.16. The fourth-order valence-corrected chi connectivity index (χ4v) is 5.14. The predicted octanol–water partition coefficient (Wildman–Crippen LogP) is 2.74. The van der Waals surface area contributed by atoms with Crippen molar-refractivity contribution >= 4 is 26.7 Å². The highest BCUT2D eigenvalue weighted by molar-refractivity contribution is 7.89. The molecule has 0 spiro atoms. The summed E-state index contributed by atoms with van der Waals surface area (Å²) in [5, 5.41) is 4.27. The molecule has 1 N–H and O–H groups in total. The lowest BCUT2D eigenvalue weighted by molar-refractivity contribution is 0.572. The third-order valence-electron chi connectivity index (χ3n) is 4.84. The first-order valence-electron chi connectivity index (χ1n) is 8.89. The Hall–Kier alpha value is -2.31. The molecule has 2 aromatic carbocycles. The molecule has 6 heteroatoms. The Bertz CT molecular complexity index is 1020. The van der Waals surface area contributed by atoms with Crippen LogP contribution in [0.15, 0.2) is 54.6 Å². The largest absolute Gasteiger partial charge is 0.355 e. The van der Waals surface area contributed by atoms with E-state index in [0.29, 0.717) is 0 Å². The van der Waals surface area contributed by atoms with Crippen molar-refractivity contribution in [3.63, 3.8) is 0 Å². The van der Waals surface area contributed by atoms with Crippen LogP contribution in [0, 0.1) is 6.92 Å². The van der Waals surface area contributed by atoms with Crippen LogP contribution >= 0.6 is 0 Å². The van der Waals surface area contributed by atoms with Crippen molar-refractivity contribution < 1.29 is 8.42 Å². The molecule has 1 aliphatic rings. The Balaban J connectivity index is 1.81. The number of aryl methyl sites for hydroxylation is 1. The van der Waals surface area contributed by atoms with Crippen molar-refractivity contribution in [1.29, 1.82) is 0 Å². The van der Waals surface area contributed by atoms with E-state index in [1.165, 1.54) is 3.97 Å². The molecule has 1 aromatic heterocycles. The van der Waals surface area contributed by atoms with E-state index in [1.54, 1.807) is 0 Å². The summed E-state index contributed by atoms with van der Waals surface area (Å²) in [5.74, 6) is 0.755. The number of fused-ring (bicyclic) bond motifs is 1. The smallest absolute Gasteiger partial charge is 0.244 e. The number of anilines is 1. The molecule has 1 fully saturated rings. The molecule has 3 aromatic rings. The molecular formula is C20H23N3O2S. The van der Waals surface area contributed by atoms with Crippen molar-refractivity contribution in [3.8, 4) is 0 Å². The van der Waals surface area contributed by atoms with Gasteiger partial charge in [0.15, 0.2) is 0 Å². The molecule has 4 rings (SSSR count). The van der Waals surface area contributed by atoms with Gasteiger partial charge < -0.3 is 10.2 Å². The van der Waals surface area contributed by atoms with Crippen LogP contribution < -0.4 is 10.2 Å². The van der Waals surface area contributed by atoms with Crippen LogP contribution in [0.2, 0.25) is 0 Å². The van der Waals surface area contributed by atoms with Crippen LogP contribution in [0.25, 0.3) is 10.9 Å². The number of rotatable bonds is 4. The lowest BCUT2D eigenvalue weighted by Gasteiger charge is -2.30. The number of hydrogen-bond acceptors (Lipinski definition) is 4. The molecule has 0 aliphatic carbocycles. The quantitative estimate of drug-likeness (QED) is 0.768. The average molecular weight is 369 g/mol. The first kappa shape index (κ1) is 17.1. The van der Waals surface area contributed by atoms with Crippen molar-refractivity contribution in [1.82, 2.24) is 9.29 Å². The molecular weight excluding hydrogens is 346 g/mol. The van der Waals surface area contributed by atoms with Gasteiger partial charge in [0.25, 0.3) is 0 Å². The minimum Gasteiger partial charge on any atom is -0.355 e. The number of aromatic nitrogens is 1. The maximum Gasteiger partial charge on any atom is 0.244 e. The zero-order valence-corrected chi connectivity index (χ0v) is 15.7. The first-order chi connectivity index (χ1) is 12.5. The van der Waals surface area contributed by atoms with Gasteiger partial charge in [0.1, 0.15) is 5.82 Å². The maximum absolute atomic E-state index is 13.3. The fourth-order valence-electron chi connectivity index (χ4n) is 3.48. The minimum atomic E-state index is -3.53. The Morgan fingerprint density at radius 2 is 1.69 bits per heavy atom. The summed E-state index contributed by atoms with van der Waals surface area (Å²) in [6.45, 7) is 5.33. The maximum atomic E-state index is 13.3. The normalized spacial score (nSPS) is 15.5. The van der Waals surface area contributed by atoms with E-state index in [0.717, 1.165) is 54.0 Å². The van der Waals surface area contributed by atoms with Crippen LogP contribution in [0.5, 0.6) is 0 Å². The van der Waals surface area contributed by atoms with Gasteiger partial charge in [-0.15, -0.1) is 0 Å². The van der Waals surface area contributed by atoms with E-state index >= 15 is 0 Å². The Kier molecular flexibility index (Phi) is 4.46. The number of para-hydroxylation sites is 1. The second-order valence-corrected chi connectivity index (χ2v) is 8.62. The molecule has 1 aliphatic heterocycles. The van der Waals surface area contributed by atoms with E-state index in [1.807, 2.05) is 61.5 Å². The van der Waals surface area contributed by atoms with Crippen molar-refractivity contribution in [2.45, 2.75) is 12.7 Å². The molecule has 0 radical (unpaired) electrons. The van der Waals surface area contributed by atoms with E-state index < -0.39 is 10.0 Å². The van der Waals surface area contributed by atoms with Gasteiger partial charge in [-0.1, -0.05) is 48.0 Å². The van der Waals surface area contributed by atoms with E-state index in [9.17, 15) is 8.42 Å². The minimum absolute atomic E-state index is 0.00888. The van der Waals surface area contributed by atoms with Gasteiger partial charge in [-0.3, -0.25) is 0 Å². The zero-order chi connectivity index (χ0) is 18.1. The summed E-state index contributed by atoms with van der Waals surface area (Å²) in [5.41, 5.74) is 2.67. The summed E-state index contributed by atoms with van der Waals surface area (Å²) >= 11 is 0. The van der Waals surface area contributed by atoms with Crippen LogP contribution in [-0.2, 0) is 15.8 Å². The number of benzene rings is 2. The summed E-state index contributed by atoms with van der Waals surface area (Å²) in [6, 6.07) is 17.4. The molecule has 136 valence electrons. The Morgan fingerprint density at radius 3 is 2.42 bits per heavy atom. The summed E-state index contributed by atoms with van der Waals surface area (Å²) < 4.78 is 28.2. The predicted molar refractivity (Wildman–Crippen MR) is 106 cm³/mol. The van der Waals surface area contributed by atoms with Crippen LogP contribution in [-0.4, -0.2) is 38.6 Å². The monoisotopic (exact) mass is 369 g/mol. The highest BCUT2D eigenvalue weighted by Gasteiger charge is 2.25. The van der Waals surface area contributed by atoms with E-state index in [4.69, 9.17) is 0 Å². The van der Waals surface area contributed by atoms with Crippen LogP contribution in [0.3, 0.4) is 0 Å². The van der Waals surface area contributed by atoms with E-state index in [2.05, 4.69) is 10.2 Å². The van der Waals surface area contributed by atoms with Crippen LogP contribution in [0.4, 0.5) is 5.82 Å². The van der Waals surface area contributed by atoms with Crippen molar-refractivity contribution in [2.24, 2.45) is 0 Å². The highest BCUT2D eigenvalue weighted by Crippen LogP contribution is 2.30. The molecule has 0 amide bonds. The van der Waals surface area contributed by atoms with Gasteiger partial charge in [0.05, 0.1) is 11.3 Å².